The third-order valence-corrected chi connectivity index (χ3v) is 5.13. The number of rotatable bonds is 9. The Bertz CT molecular complexity index is 467. The molecule has 1 rings (SSSR count). The largest absolute Gasteiger partial charge is 0.472 e. The molecule has 138 valence electrons. The fraction of sp³-hybridized carbons (Fsp3) is 1.00. The van der Waals surface area contributed by atoms with Crippen LogP contribution in [0.3, 0.4) is 0 Å². The van der Waals surface area contributed by atoms with Gasteiger partial charge in [-0.1, -0.05) is 0 Å². The van der Waals surface area contributed by atoms with Gasteiger partial charge in [0.15, 0.2) is 0 Å². The molecule has 2 N–H and O–H groups in total. The summed E-state index contributed by atoms with van der Waals surface area (Å²) >= 11 is 0. The zero-order chi connectivity index (χ0) is 17.8. The molecule has 5 unspecified atom stereocenters. The lowest BCUT2D eigenvalue weighted by molar-refractivity contribution is -0.0238. The van der Waals surface area contributed by atoms with Gasteiger partial charge in [-0.15, -0.1) is 0 Å². The Morgan fingerprint density at radius 2 is 1.61 bits per heavy atom. The summed E-state index contributed by atoms with van der Waals surface area (Å²) in [6, 6.07) is 0. The van der Waals surface area contributed by atoms with Crippen molar-refractivity contribution in [1.29, 1.82) is 0 Å². The smallest absolute Gasteiger partial charge is 0.370 e. The molecule has 0 saturated carbocycles. The summed E-state index contributed by atoms with van der Waals surface area (Å²) in [5.74, 6) is 0. The third kappa shape index (κ3) is 8.20. The first kappa shape index (κ1) is 21.2. The van der Waals surface area contributed by atoms with Crippen molar-refractivity contribution in [3.63, 3.8) is 0 Å². The van der Waals surface area contributed by atoms with Gasteiger partial charge in [-0.2, -0.15) is 0 Å². The Morgan fingerprint density at radius 1 is 1.09 bits per heavy atom. The number of phosphoric ester groups is 2. The van der Waals surface area contributed by atoms with Crippen LogP contribution in [0.1, 0.15) is 41.0 Å². The summed E-state index contributed by atoms with van der Waals surface area (Å²) in [5.41, 5.74) is 0. The van der Waals surface area contributed by atoms with Gasteiger partial charge in [0.1, 0.15) is 12.2 Å². The Hall–Kier alpha value is 0.180. The molecule has 23 heavy (non-hydrogen) atoms. The van der Waals surface area contributed by atoms with Gasteiger partial charge in [0.25, 0.3) is 0 Å². The van der Waals surface area contributed by atoms with Gasteiger partial charge in [-0.05, 0) is 34.6 Å². The molecule has 11 heteroatoms. The predicted molar refractivity (Wildman–Crippen MR) is 81.9 cm³/mol. The molecule has 0 amide bonds. The zero-order valence-corrected chi connectivity index (χ0v) is 15.7. The minimum absolute atomic E-state index is 0.253. The van der Waals surface area contributed by atoms with Gasteiger partial charge >= 0.3 is 15.6 Å². The van der Waals surface area contributed by atoms with E-state index in [0.29, 0.717) is 6.42 Å². The zero-order valence-electron chi connectivity index (χ0n) is 13.9. The summed E-state index contributed by atoms with van der Waals surface area (Å²) < 4.78 is 48.7. The fourth-order valence-corrected chi connectivity index (χ4v) is 4.18. The highest BCUT2D eigenvalue weighted by Crippen LogP contribution is 2.49. The van der Waals surface area contributed by atoms with Crippen molar-refractivity contribution in [2.24, 2.45) is 0 Å². The molecule has 0 bridgehead atoms. The van der Waals surface area contributed by atoms with Crippen LogP contribution in [0, 0.1) is 0 Å². The molecule has 1 aliphatic rings. The molecule has 0 aromatic heterocycles. The molecule has 1 aliphatic heterocycles. The van der Waals surface area contributed by atoms with Crippen molar-refractivity contribution in [2.45, 2.75) is 71.6 Å². The van der Waals surface area contributed by atoms with E-state index in [4.69, 9.17) is 22.8 Å². The monoisotopic (exact) mass is 376 g/mol. The summed E-state index contributed by atoms with van der Waals surface area (Å²) in [5, 5.41) is 0. The Balaban J connectivity index is 2.62. The van der Waals surface area contributed by atoms with Gasteiger partial charge in [0, 0.05) is 6.42 Å². The molecule has 0 spiro atoms. The van der Waals surface area contributed by atoms with E-state index < -0.39 is 40.1 Å². The first-order valence-electron chi connectivity index (χ1n) is 7.41. The van der Waals surface area contributed by atoms with Gasteiger partial charge in [0.2, 0.25) is 0 Å². The Kier molecular flexibility index (Phi) is 7.86. The standard InChI is InChI=1S/C12H26O9P2/c1-8(2)19-22(13,14)17-7-12-11(6-10(5)18-12)21-23(15,16)20-9(3)4/h8-12H,6-7H2,1-5H3,(H,13,14)(H,15,16). The summed E-state index contributed by atoms with van der Waals surface area (Å²) in [4.78, 5) is 19.2. The second kappa shape index (κ2) is 8.52. The van der Waals surface area contributed by atoms with E-state index in [1.54, 1.807) is 34.6 Å². The van der Waals surface area contributed by atoms with Crippen LogP contribution in [-0.2, 0) is 32.0 Å². The number of hydrogen-bond donors (Lipinski definition) is 2. The molecule has 1 fully saturated rings. The third-order valence-electron chi connectivity index (χ3n) is 2.74. The molecule has 5 atom stereocenters. The first-order valence-corrected chi connectivity index (χ1v) is 10.4. The van der Waals surface area contributed by atoms with Crippen LogP contribution in [0.15, 0.2) is 0 Å². The summed E-state index contributed by atoms with van der Waals surface area (Å²) in [7, 11) is -8.47. The minimum atomic E-state index is -4.25. The average Bonchev–Trinajstić information content (AvgIpc) is 2.62. The van der Waals surface area contributed by atoms with Crippen molar-refractivity contribution in [3.8, 4) is 0 Å². The maximum absolute atomic E-state index is 11.9. The van der Waals surface area contributed by atoms with Crippen LogP contribution < -0.4 is 0 Å². The van der Waals surface area contributed by atoms with E-state index in [1.807, 2.05) is 0 Å². The van der Waals surface area contributed by atoms with Crippen LogP contribution in [-0.4, -0.2) is 46.9 Å². The van der Waals surface area contributed by atoms with Crippen molar-refractivity contribution < 1.29 is 41.7 Å². The molecule has 0 aromatic carbocycles. The predicted octanol–water partition coefficient (Wildman–Crippen LogP) is 2.62. The molecule has 1 saturated heterocycles. The van der Waals surface area contributed by atoms with E-state index in [2.05, 4.69) is 0 Å². The first-order chi connectivity index (χ1) is 10.4. The van der Waals surface area contributed by atoms with Gasteiger partial charge in [0.05, 0.1) is 24.9 Å². The number of ether oxygens (including phenoxy) is 1. The van der Waals surface area contributed by atoms with E-state index in [0.717, 1.165) is 0 Å². The Morgan fingerprint density at radius 3 is 2.13 bits per heavy atom. The normalized spacial score (nSPS) is 30.6. The van der Waals surface area contributed by atoms with Crippen molar-refractivity contribution in [2.75, 3.05) is 6.61 Å². The van der Waals surface area contributed by atoms with Crippen molar-refractivity contribution in [3.05, 3.63) is 0 Å². The van der Waals surface area contributed by atoms with Gasteiger partial charge < -0.3 is 14.5 Å². The van der Waals surface area contributed by atoms with Crippen molar-refractivity contribution in [1.82, 2.24) is 0 Å². The molecule has 0 aliphatic carbocycles. The lowest BCUT2D eigenvalue weighted by Crippen LogP contribution is -2.29. The topological polar surface area (TPSA) is 121 Å². The maximum atomic E-state index is 11.9. The lowest BCUT2D eigenvalue weighted by Gasteiger charge is -2.23. The molecule has 0 radical (unpaired) electrons. The minimum Gasteiger partial charge on any atom is -0.370 e. The molecule has 0 aromatic rings. The maximum Gasteiger partial charge on any atom is 0.472 e. The number of hydrogen-bond acceptors (Lipinski definition) is 7. The number of phosphoric acid groups is 2. The van der Waals surface area contributed by atoms with Gasteiger partial charge in [-0.25, -0.2) is 9.13 Å². The van der Waals surface area contributed by atoms with Crippen LogP contribution in [0.2, 0.25) is 0 Å². The van der Waals surface area contributed by atoms with E-state index in [-0.39, 0.29) is 12.7 Å². The molecule has 9 nitrogen and oxygen atoms in total. The summed E-state index contributed by atoms with van der Waals surface area (Å²) in [6.07, 6.45) is -2.47. The van der Waals surface area contributed by atoms with E-state index in [9.17, 15) is 18.9 Å². The molecular formula is C12H26O9P2. The second-order valence-electron chi connectivity index (χ2n) is 5.91. The SMILES string of the molecule is CC(C)OP(=O)(O)OCC1OC(C)CC1OP(=O)(O)OC(C)C. The quantitative estimate of drug-likeness (QED) is 0.585. The summed E-state index contributed by atoms with van der Waals surface area (Å²) in [6.45, 7) is 7.84. The molecular weight excluding hydrogens is 350 g/mol. The van der Waals surface area contributed by atoms with Crippen LogP contribution >= 0.6 is 15.6 Å². The van der Waals surface area contributed by atoms with Crippen LogP contribution in [0.5, 0.6) is 0 Å². The highest BCUT2D eigenvalue weighted by molar-refractivity contribution is 7.47. The Labute approximate surface area is 136 Å². The lowest BCUT2D eigenvalue weighted by atomic mass is 10.1. The van der Waals surface area contributed by atoms with Crippen LogP contribution in [0.4, 0.5) is 0 Å². The van der Waals surface area contributed by atoms with Crippen LogP contribution in [0.25, 0.3) is 0 Å². The highest BCUT2D eigenvalue weighted by Gasteiger charge is 2.41. The second-order valence-corrected chi connectivity index (χ2v) is 8.67. The van der Waals surface area contributed by atoms with Gasteiger partial charge in [-0.3, -0.25) is 18.1 Å². The van der Waals surface area contributed by atoms with E-state index in [1.165, 1.54) is 0 Å². The highest BCUT2D eigenvalue weighted by atomic mass is 31.2. The fourth-order valence-electron chi connectivity index (χ4n) is 2.10. The van der Waals surface area contributed by atoms with Crippen molar-refractivity contribution >= 4 is 15.6 Å². The van der Waals surface area contributed by atoms with E-state index >= 15 is 0 Å². The molecule has 1 heterocycles. The average molecular weight is 376 g/mol.